The summed E-state index contributed by atoms with van der Waals surface area (Å²) in [6.07, 6.45) is 10.2. The van der Waals surface area contributed by atoms with E-state index in [4.69, 9.17) is 5.11 Å². The third-order valence-corrected chi connectivity index (χ3v) is 3.42. The molecule has 0 aromatic rings. The number of aliphatic hydroxyl groups is 1. The Labute approximate surface area is 99.6 Å². The van der Waals surface area contributed by atoms with Crippen molar-refractivity contribution < 1.29 is 5.11 Å². The highest BCUT2D eigenvalue weighted by Gasteiger charge is 2.14. The topological polar surface area (TPSA) is 20.2 Å². The average molecular weight is 220 g/mol. The summed E-state index contributed by atoms with van der Waals surface area (Å²) < 4.78 is 0. The van der Waals surface area contributed by atoms with Crippen LogP contribution < -0.4 is 0 Å². The van der Waals surface area contributed by atoms with Crippen molar-refractivity contribution in [2.24, 2.45) is 5.92 Å². The molecule has 0 aliphatic heterocycles. The summed E-state index contributed by atoms with van der Waals surface area (Å²) in [5.41, 5.74) is 3.97. The summed E-state index contributed by atoms with van der Waals surface area (Å²) in [7, 11) is 0. The fourth-order valence-corrected chi connectivity index (χ4v) is 2.11. The van der Waals surface area contributed by atoms with E-state index in [1.807, 2.05) is 6.92 Å². The molecule has 0 amide bonds. The molecule has 1 rings (SSSR count). The molecule has 0 saturated carbocycles. The fraction of sp³-hybridized carbons (Fsp3) is 0.600. The first-order valence-electron chi connectivity index (χ1n) is 6.23. The van der Waals surface area contributed by atoms with Crippen LogP contribution in [-0.4, -0.2) is 11.7 Å². The molecule has 0 saturated heterocycles. The molecule has 1 aliphatic carbocycles. The maximum absolute atomic E-state index is 8.88. The number of hydrogen-bond acceptors (Lipinski definition) is 1. The first kappa shape index (κ1) is 13.2. The summed E-state index contributed by atoms with van der Waals surface area (Å²) in [6, 6.07) is 0. The van der Waals surface area contributed by atoms with E-state index in [1.165, 1.54) is 30.4 Å². The molecule has 0 bridgehead atoms. The highest BCUT2D eigenvalue weighted by atomic mass is 16.3. The summed E-state index contributed by atoms with van der Waals surface area (Å²) in [6.45, 7) is 8.57. The zero-order valence-electron chi connectivity index (χ0n) is 10.6. The second-order valence-corrected chi connectivity index (χ2v) is 4.93. The van der Waals surface area contributed by atoms with E-state index in [1.54, 1.807) is 0 Å². The van der Waals surface area contributed by atoms with Crippen molar-refractivity contribution in [2.75, 3.05) is 6.61 Å². The molecule has 1 atom stereocenters. The maximum Gasteiger partial charge on any atom is 0.0639 e. The summed E-state index contributed by atoms with van der Waals surface area (Å²) in [4.78, 5) is 0. The molecule has 1 heteroatoms. The monoisotopic (exact) mass is 220 g/mol. The number of allylic oxidation sites excluding steroid dienone is 4. The minimum Gasteiger partial charge on any atom is -0.392 e. The zero-order valence-corrected chi connectivity index (χ0v) is 10.6. The van der Waals surface area contributed by atoms with Gasteiger partial charge in [0.1, 0.15) is 0 Å². The number of hydrogen-bond donors (Lipinski definition) is 1. The van der Waals surface area contributed by atoms with Crippen LogP contribution >= 0.6 is 0 Å². The van der Waals surface area contributed by atoms with E-state index < -0.39 is 0 Å². The van der Waals surface area contributed by atoms with Crippen molar-refractivity contribution in [3.8, 4) is 0 Å². The van der Waals surface area contributed by atoms with E-state index in [-0.39, 0.29) is 6.61 Å². The Morgan fingerprint density at radius 1 is 1.62 bits per heavy atom. The Bertz CT molecular complexity index is 297. The van der Waals surface area contributed by atoms with Gasteiger partial charge in [0.15, 0.2) is 0 Å². The van der Waals surface area contributed by atoms with Crippen LogP contribution in [0, 0.1) is 5.92 Å². The molecule has 1 nitrogen and oxygen atoms in total. The lowest BCUT2D eigenvalue weighted by atomic mass is 9.84. The van der Waals surface area contributed by atoms with E-state index in [0.29, 0.717) is 5.92 Å². The molecule has 90 valence electrons. The van der Waals surface area contributed by atoms with Gasteiger partial charge in [-0.05, 0) is 51.9 Å². The standard InChI is InChI=1S/C15H24O/c1-12-7-9-15(10-8-12)14(3)6-4-5-13(2)11-16/h5,7,15-16H,3-4,6,8-11H2,1-2H3/b13-5-/t15-/m1/s1. The van der Waals surface area contributed by atoms with Gasteiger partial charge in [-0.1, -0.05) is 35.5 Å². The number of rotatable bonds is 5. The third kappa shape index (κ3) is 4.36. The molecule has 1 aliphatic rings. The van der Waals surface area contributed by atoms with Gasteiger partial charge in [0.25, 0.3) is 0 Å². The minimum atomic E-state index is 0.178. The zero-order chi connectivity index (χ0) is 12.0. The van der Waals surface area contributed by atoms with E-state index in [0.717, 1.165) is 18.4 Å². The van der Waals surface area contributed by atoms with Gasteiger partial charge in [-0.3, -0.25) is 0 Å². The van der Waals surface area contributed by atoms with Gasteiger partial charge < -0.3 is 5.11 Å². The highest BCUT2D eigenvalue weighted by Crippen LogP contribution is 2.30. The molecular weight excluding hydrogens is 196 g/mol. The van der Waals surface area contributed by atoms with E-state index in [9.17, 15) is 0 Å². The van der Waals surface area contributed by atoms with E-state index >= 15 is 0 Å². The largest absolute Gasteiger partial charge is 0.392 e. The van der Waals surface area contributed by atoms with Crippen molar-refractivity contribution in [1.29, 1.82) is 0 Å². The molecular formula is C15H24O. The van der Waals surface area contributed by atoms with E-state index in [2.05, 4.69) is 25.7 Å². The molecule has 0 aromatic heterocycles. The quantitative estimate of drug-likeness (QED) is 0.694. The van der Waals surface area contributed by atoms with Gasteiger partial charge in [0.2, 0.25) is 0 Å². The van der Waals surface area contributed by atoms with Crippen LogP contribution in [0.1, 0.15) is 46.0 Å². The number of aliphatic hydroxyl groups excluding tert-OH is 1. The summed E-state index contributed by atoms with van der Waals surface area (Å²) >= 11 is 0. The Kier molecular flexibility index (Phi) is 5.54. The van der Waals surface area contributed by atoms with Crippen LogP contribution in [0.2, 0.25) is 0 Å². The molecule has 16 heavy (non-hydrogen) atoms. The summed E-state index contributed by atoms with van der Waals surface area (Å²) in [5, 5.41) is 8.88. The smallest absolute Gasteiger partial charge is 0.0639 e. The van der Waals surface area contributed by atoms with Gasteiger partial charge in [-0.25, -0.2) is 0 Å². The van der Waals surface area contributed by atoms with Gasteiger partial charge >= 0.3 is 0 Å². The second kappa shape index (κ2) is 6.70. The van der Waals surface area contributed by atoms with Crippen LogP contribution in [0.5, 0.6) is 0 Å². The lowest BCUT2D eigenvalue weighted by Gasteiger charge is -2.22. The van der Waals surface area contributed by atoms with Crippen LogP contribution in [0.3, 0.4) is 0 Å². The normalized spacial score (nSPS) is 21.8. The van der Waals surface area contributed by atoms with Gasteiger partial charge in [-0.15, -0.1) is 0 Å². The Balaban J connectivity index is 2.31. The molecule has 0 fully saturated rings. The molecule has 0 spiro atoms. The molecule has 0 unspecified atom stereocenters. The summed E-state index contributed by atoms with van der Waals surface area (Å²) in [5.74, 6) is 0.687. The van der Waals surface area contributed by atoms with Gasteiger partial charge in [-0.2, -0.15) is 0 Å². The van der Waals surface area contributed by atoms with Crippen LogP contribution in [-0.2, 0) is 0 Å². The lowest BCUT2D eigenvalue weighted by molar-refractivity contribution is 0.331. The van der Waals surface area contributed by atoms with Crippen molar-refractivity contribution in [1.82, 2.24) is 0 Å². The van der Waals surface area contributed by atoms with Crippen LogP contribution in [0.25, 0.3) is 0 Å². The van der Waals surface area contributed by atoms with Crippen LogP contribution in [0.15, 0.2) is 35.5 Å². The third-order valence-electron chi connectivity index (χ3n) is 3.42. The van der Waals surface area contributed by atoms with Crippen molar-refractivity contribution in [2.45, 2.75) is 46.0 Å². The second-order valence-electron chi connectivity index (χ2n) is 4.93. The highest BCUT2D eigenvalue weighted by molar-refractivity contribution is 5.12. The SMILES string of the molecule is C=C(CC/C=C(/C)CO)[C@@H]1CC=C(C)CC1. The van der Waals surface area contributed by atoms with Gasteiger partial charge in [0.05, 0.1) is 6.61 Å². The Morgan fingerprint density at radius 2 is 2.38 bits per heavy atom. The first-order valence-corrected chi connectivity index (χ1v) is 6.23. The molecule has 0 heterocycles. The van der Waals surface area contributed by atoms with Gasteiger partial charge in [0, 0.05) is 0 Å². The first-order chi connectivity index (χ1) is 7.63. The molecule has 1 N–H and O–H groups in total. The average Bonchev–Trinajstić information content (AvgIpc) is 2.29. The predicted molar refractivity (Wildman–Crippen MR) is 70.3 cm³/mol. The minimum absolute atomic E-state index is 0.178. The molecule has 0 radical (unpaired) electrons. The maximum atomic E-state index is 8.88. The Hall–Kier alpha value is -0.820. The lowest BCUT2D eigenvalue weighted by Crippen LogP contribution is -2.07. The molecule has 0 aromatic carbocycles. The van der Waals surface area contributed by atoms with Crippen LogP contribution in [0.4, 0.5) is 0 Å². The van der Waals surface area contributed by atoms with Crippen molar-refractivity contribution in [3.05, 3.63) is 35.5 Å². The van der Waals surface area contributed by atoms with Crippen molar-refractivity contribution >= 4 is 0 Å². The Morgan fingerprint density at radius 3 is 2.94 bits per heavy atom. The predicted octanol–water partition coefficient (Wildman–Crippen LogP) is 4.01. The fourth-order valence-electron chi connectivity index (χ4n) is 2.11. The van der Waals surface area contributed by atoms with Crippen molar-refractivity contribution in [3.63, 3.8) is 0 Å².